The summed E-state index contributed by atoms with van der Waals surface area (Å²) in [6, 6.07) is 16.6. The van der Waals surface area contributed by atoms with Crippen LogP contribution in [0.4, 0.5) is 4.39 Å². The lowest BCUT2D eigenvalue weighted by Gasteiger charge is -2.38. The number of benzene rings is 2. The van der Waals surface area contributed by atoms with Gasteiger partial charge in [-0.1, -0.05) is 30.3 Å². The predicted molar refractivity (Wildman–Crippen MR) is 121 cm³/mol. The summed E-state index contributed by atoms with van der Waals surface area (Å²) in [5.74, 6) is 1.07. The summed E-state index contributed by atoms with van der Waals surface area (Å²) in [4.78, 5) is 19.0. The molecule has 1 saturated heterocycles. The number of rotatable bonds is 7. The van der Waals surface area contributed by atoms with Gasteiger partial charge in [0.05, 0.1) is 6.61 Å². The van der Waals surface area contributed by atoms with Crippen LogP contribution in [0.25, 0.3) is 10.9 Å². The lowest BCUT2D eigenvalue weighted by atomic mass is 9.93. The fourth-order valence-electron chi connectivity index (χ4n) is 4.47. The summed E-state index contributed by atoms with van der Waals surface area (Å²) >= 11 is 0. The molecule has 1 fully saturated rings. The van der Waals surface area contributed by atoms with Crippen LogP contribution in [0.5, 0.6) is 5.75 Å². The molecule has 31 heavy (non-hydrogen) atoms. The number of nitrogens with zero attached hydrogens (tertiary/aromatic N) is 2. The maximum absolute atomic E-state index is 13.4. The van der Waals surface area contributed by atoms with E-state index in [1.807, 2.05) is 31.2 Å². The molecule has 0 radical (unpaired) electrons. The van der Waals surface area contributed by atoms with Crippen LogP contribution in [0.15, 0.2) is 54.6 Å². The molecule has 4 nitrogen and oxygen atoms in total. The number of halogens is 1. The Morgan fingerprint density at radius 3 is 2.77 bits per heavy atom. The van der Waals surface area contributed by atoms with Gasteiger partial charge in [-0.2, -0.15) is 0 Å². The molecule has 4 rings (SSSR count). The summed E-state index contributed by atoms with van der Waals surface area (Å²) in [6.07, 6.45) is 2.58. The van der Waals surface area contributed by atoms with Crippen molar-refractivity contribution >= 4 is 16.7 Å². The zero-order valence-electron chi connectivity index (χ0n) is 18.2. The number of carbonyl (C=O) groups excluding carboxylic acids is 1. The van der Waals surface area contributed by atoms with Crippen molar-refractivity contribution in [3.05, 3.63) is 71.7 Å². The standard InChI is InChI=1S/C26H29FN2O2/c1-18-8-9-22-6-3-7-25(26(22)28-18)31-17-20-5-4-14-29(16-20)24(15-19(2)30)21-10-12-23(27)13-11-21/h3,6-13,20,24H,4-5,14-17H2,1-2H3. The number of hydrogen-bond acceptors (Lipinski definition) is 4. The number of para-hydroxylation sites is 1. The Balaban J connectivity index is 1.47. The third-order valence-corrected chi connectivity index (χ3v) is 6.02. The molecule has 0 bridgehead atoms. The topological polar surface area (TPSA) is 42.4 Å². The van der Waals surface area contributed by atoms with Crippen LogP contribution in [0.2, 0.25) is 0 Å². The Morgan fingerprint density at radius 2 is 2.00 bits per heavy atom. The van der Waals surface area contributed by atoms with Gasteiger partial charge in [-0.05, 0) is 63.1 Å². The Hall–Kier alpha value is -2.79. The van der Waals surface area contributed by atoms with E-state index in [1.165, 1.54) is 12.1 Å². The van der Waals surface area contributed by atoms with Gasteiger partial charge >= 0.3 is 0 Å². The first-order valence-electron chi connectivity index (χ1n) is 11.0. The number of fused-ring (bicyclic) bond motifs is 1. The van der Waals surface area contributed by atoms with Crippen LogP contribution in [0.1, 0.15) is 43.5 Å². The molecule has 2 atom stereocenters. The Kier molecular flexibility index (Phi) is 6.62. The number of aryl methyl sites for hydroxylation is 1. The molecule has 5 heteroatoms. The molecule has 2 aromatic carbocycles. The first kappa shape index (κ1) is 21.4. The third kappa shape index (κ3) is 5.28. The molecular weight excluding hydrogens is 391 g/mol. The lowest BCUT2D eigenvalue weighted by Crippen LogP contribution is -2.40. The largest absolute Gasteiger partial charge is 0.491 e. The van der Waals surface area contributed by atoms with E-state index in [0.29, 0.717) is 18.9 Å². The second kappa shape index (κ2) is 9.56. The number of pyridine rings is 1. The summed E-state index contributed by atoms with van der Waals surface area (Å²) in [7, 11) is 0. The number of Topliss-reactive ketones (excluding diaryl/α,β-unsaturated/α-hetero) is 1. The van der Waals surface area contributed by atoms with E-state index in [2.05, 4.69) is 16.0 Å². The van der Waals surface area contributed by atoms with E-state index in [-0.39, 0.29) is 17.6 Å². The summed E-state index contributed by atoms with van der Waals surface area (Å²) < 4.78 is 19.7. The highest BCUT2D eigenvalue weighted by atomic mass is 19.1. The van der Waals surface area contributed by atoms with E-state index in [4.69, 9.17) is 4.74 Å². The van der Waals surface area contributed by atoms with Crippen molar-refractivity contribution < 1.29 is 13.9 Å². The summed E-state index contributed by atoms with van der Waals surface area (Å²) in [6.45, 7) is 6.01. The quantitative estimate of drug-likeness (QED) is 0.507. The average Bonchev–Trinajstić information content (AvgIpc) is 2.77. The Bertz CT molecular complexity index is 1050. The van der Waals surface area contributed by atoms with Crippen LogP contribution in [-0.2, 0) is 4.79 Å². The van der Waals surface area contributed by atoms with Crippen LogP contribution in [0, 0.1) is 18.7 Å². The van der Waals surface area contributed by atoms with Crippen LogP contribution in [-0.4, -0.2) is 35.4 Å². The highest BCUT2D eigenvalue weighted by Gasteiger charge is 2.28. The van der Waals surface area contributed by atoms with Gasteiger partial charge in [0.1, 0.15) is 22.9 Å². The molecule has 1 aliphatic heterocycles. The molecule has 0 N–H and O–H groups in total. The minimum atomic E-state index is -0.255. The maximum atomic E-state index is 13.4. The minimum absolute atomic E-state index is 0.0252. The molecular formula is C26H29FN2O2. The van der Waals surface area contributed by atoms with Gasteiger partial charge in [0.25, 0.3) is 0 Å². The minimum Gasteiger partial charge on any atom is -0.491 e. The van der Waals surface area contributed by atoms with Crippen molar-refractivity contribution in [3.63, 3.8) is 0 Å². The Morgan fingerprint density at radius 1 is 1.19 bits per heavy atom. The van der Waals surface area contributed by atoms with Crippen LogP contribution in [0.3, 0.4) is 0 Å². The predicted octanol–water partition coefficient (Wildman–Crippen LogP) is 5.49. The molecule has 2 unspecified atom stereocenters. The van der Waals surface area contributed by atoms with E-state index in [9.17, 15) is 9.18 Å². The molecule has 0 spiro atoms. The van der Waals surface area contributed by atoms with Gasteiger partial charge in [0.2, 0.25) is 0 Å². The molecule has 0 amide bonds. The maximum Gasteiger partial charge on any atom is 0.145 e. The van der Waals surface area contributed by atoms with Gasteiger partial charge in [0, 0.05) is 36.0 Å². The van der Waals surface area contributed by atoms with E-state index < -0.39 is 0 Å². The fourth-order valence-corrected chi connectivity index (χ4v) is 4.47. The molecule has 2 heterocycles. The van der Waals surface area contributed by atoms with Crippen LogP contribution < -0.4 is 4.74 Å². The zero-order chi connectivity index (χ0) is 21.8. The highest BCUT2D eigenvalue weighted by Crippen LogP contribution is 2.31. The monoisotopic (exact) mass is 420 g/mol. The van der Waals surface area contributed by atoms with Gasteiger partial charge < -0.3 is 4.74 Å². The van der Waals surface area contributed by atoms with E-state index >= 15 is 0 Å². The van der Waals surface area contributed by atoms with Gasteiger partial charge in [-0.3, -0.25) is 9.69 Å². The molecule has 0 saturated carbocycles. The van der Waals surface area contributed by atoms with Gasteiger partial charge in [-0.15, -0.1) is 0 Å². The van der Waals surface area contributed by atoms with Crippen molar-refractivity contribution in [2.24, 2.45) is 5.92 Å². The number of aromatic nitrogens is 1. The molecule has 1 aromatic heterocycles. The number of ether oxygens (including phenoxy) is 1. The number of piperidine rings is 1. The highest BCUT2D eigenvalue weighted by molar-refractivity contribution is 5.84. The summed E-state index contributed by atoms with van der Waals surface area (Å²) in [5, 5.41) is 1.08. The molecule has 3 aromatic rings. The van der Waals surface area contributed by atoms with Crippen molar-refractivity contribution in [3.8, 4) is 5.75 Å². The summed E-state index contributed by atoms with van der Waals surface area (Å²) in [5.41, 5.74) is 2.86. The van der Waals surface area contributed by atoms with Gasteiger partial charge in [-0.25, -0.2) is 9.37 Å². The second-order valence-corrected chi connectivity index (χ2v) is 8.57. The SMILES string of the molecule is CC(=O)CC(c1ccc(F)cc1)N1CCCC(COc2cccc3ccc(C)nc23)C1. The molecule has 0 aliphatic carbocycles. The normalized spacial score (nSPS) is 18.1. The number of likely N-dealkylation sites (tertiary alicyclic amines) is 1. The molecule has 1 aliphatic rings. The smallest absolute Gasteiger partial charge is 0.145 e. The van der Waals surface area contributed by atoms with Crippen molar-refractivity contribution in [2.45, 2.75) is 39.2 Å². The lowest BCUT2D eigenvalue weighted by molar-refractivity contribution is -0.118. The number of carbonyl (C=O) groups is 1. The van der Waals surface area contributed by atoms with E-state index in [1.54, 1.807) is 19.1 Å². The zero-order valence-corrected chi connectivity index (χ0v) is 18.2. The third-order valence-electron chi connectivity index (χ3n) is 6.02. The van der Waals surface area contributed by atoms with Crippen molar-refractivity contribution in [1.29, 1.82) is 0 Å². The van der Waals surface area contributed by atoms with Crippen molar-refractivity contribution in [1.82, 2.24) is 9.88 Å². The van der Waals surface area contributed by atoms with Crippen molar-refractivity contribution in [2.75, 3.05) is 19.7 Å². The average molecular weight is 421 g/mol. The number of hydrogen-bond donors (Lipinski definition) is 0. The fraction of sp³-hybridized carbons (Fsp3) is 0.385. The van der Waals surface area contributed by atoms with E-state index in [0.717, 1.165) is 53.8 Å². The second-order valence-electron chi connectivity index (χ2n) is 8.57. The number of ketones is 1. The van der Waals surface area contributed by atoms with Gasteiger partial charge in [0.15, 0.2) is 0 Å². The Labute approximate surface area is 183 Å². The molecule has 162 valence electrons. The first-order chi connectivity index (χ1) is 15.0. The first-order valence-corrected chi connectivity index (χ1v) is 11.0. The van der Waals surface area contributed by atoms with Crippen LogP contribution >= 0.6 is 0 Å².